The van der Waals surface area contributed by atoms with Crippen molar-refractivity contribution in [3.05, 3.63) is 94.4 Å². The van der Waals surface area contributed by atoms with Crippen LogP contribution >= 0.6 is 0 Å². The van der Waals surface area contributed by atoms with Crippen LogP contribution in [0, 0.1) is 0 Å². The summed E-state index contributed by atoms with van der Waals surface area (Å²) in [5.41, 5.74) is 2.97. The third-order valence-corrected chi connectivity index (χ3v) is 4.19. The Labute approximate surface area is 152 Å². The molecule has 1 heterocycles. The molecule has 0 aliphatic carbocycles. The van der Waals surface area contributed by atoms with E-state index in [1.807, 2.05) is 42.5 Å². The molecule has 5 nitrogen and oxygen atoms in total. The molecule has 0 radical (unpaired) electrons. The summed E-state index contributed by atoms with van der Waals surface area (Å²) in [6, 6.07) is 20.8. The summed E-state index contributed by atoms with van der Waals surface area (Å²) in [6.45, 7) is 2.10. The molecule has 0 aliphatic heterocycles. The topological polar surface area (TPSA) is 63.1 Å². The lowest BCUT2D eigenvalue weighted by Gasteiger charge is -2.16. The maximum atomic E-state index is 12.3. The first-order valence-electron chi connectivity index (χ1n) is 8.42. The van der Waals surface area contributed by atoms with Gasteiger partial charge in [-0.05, 0) is 42.8 Å². The van der Waals surface area contributed by atoms with Gasteiger partial charge in [0, 0.05) is 42.3 Å². The van der Waals surface area contributed by atoms with Gasteiger partial charge in [0.15, 0.2) is 0 Å². The zero-order chi connectivity index (χ0) is 18.5. The van der Waals surface area contributed by atoms with Gasteiger partial charge in [0.25, 0.3) is 11.5 Å². The molecular weight excluding hydrogens is 326 g/mol. The van der Waals surface area contributed by atoms with Crippen molar-refractivity contribution in [2.75, 3.05) is 10.6 Å². The van der Waals surface area contributed by atoms with E-state index < -0.39 is 0 Å². The summed E-state index contributed by atoms with van der Waals surface area (Å²) < 4.78 is 1.42. The number of hydrogen-bond donors (Lipinski definition) is 2. The van der Waals surface area contributed by atoms with E-state index in [1.165, 1.54) is 16.2 Å². The minimum Gasteiger partial charge on any atom is -0.379 e. The van der Waals surface area contributed by atoms with Crippen molar-refractivity contribution >= 4 is 17.3 Å². The van der Waals surface area contributed by atoms with E-state index in [0.29, 0.717) is 11.3 Å². The number of carbonyl (C=O) groups is 1. The average Bonchev–Trinajstić information content (AvgIpc) is 2.66. The molecule has 3 aromatic rings. The summed E-state index contributed by atoms with van der Waals surface area (Å²) >= 11 is 0. The summed E-state index contributed by atoms with van der Waals surface area (Å²) in [5, 5.41) is 6.23. The van der Waals surface area contributed by atoms with Crippen LogP contribution in [0.4, 0.5) is 11.4 Å². The number of anilines is 2. The van der Waals surface area contributed by atoms with Crippen molar-refractivity contribution in [2.24, 2.45) is 7.05 Å². The first-order valence-corrected chi connectivity index (χ1v) is 8.42. The first-order chi connectivity index (χ1) is 12.5. The molecule has 0 spiro atoms. The molecule has 0 saturated heterocycles. The van der Waals surface area contributed by atoms with Crippen LogP contribution in [0.1, 0.15) is 28.9 Å². The molecule has 1 unspecified atom stereocenters. The third-order valence-electron chi connectivity index (χ3n) is 4.19. The van der Waals surface area contributed by atoms with Crippen molar-refractivity contribution in [1.29, 1.82) is 0 Å². The normalized spacial score (nSPS) is 11.6. The Morgan fingerprint density at radius 3 is 2.27 bits per heavy atom. The number of carbonyl (C=O) groups excluding carboxylic acids is 1. The Morgan fingerprint density at radius 2 is 1.62 bits per heavy atom. The van der Waals surface area contributed by atoms with Crippen LogP contribution in [0.3, 0.4) is 0 Å². The summed E-state index contributed by atoms with van der Waals surface area (Å²) in [6.07, 6.45) is 1.58. The van der Waals surface area contributed by atoms with E-state index >= 15 is 0 Å². The number of nitrogens with one attached hydrogen (secondary N) is 2. The molecule has 0 aliphatic rings. The maximum absolute atomic E-state index is 12.3. The molecule has 0 bridgehead atoms. The fourth-order valence-corrected chi connectivity index (χ4v) is 2.62. The smallest absolute Gasteiger partial charge is 0.255 e. The highest BCUT2D eigenvalue weighted by molar-refractivity contribution is 6.04. The third kappa shape index (κ3) is 4.19. The van der Waals surface area contributed by atoms with E-state index in [2.05, 4.69) is 29.7 Å². The number of pyridine rings is 1. The van der Waals surface area contributed by atoms with Crippen molar-refractivity contribution < 1.29 is 4.79 Å². The highest BCUT2D eigenvalue weighted by Crippen LogP contribution is 2.20. The average molecular weight is 347 g/mol. The summed E-state index contributed by atoms with van der Waals surface area (Å²) in [5.74, 6) is -0.305. The highest BCUT2D eigenvalue weighted by Gasteiger charge is 2.08. The Bertz CT molecular complexity index is 947. The van der Waals surface area contributed by atoms with Crippen molar-refractivity contribution in [3.63, 3.8) is 0 Å². The van der Waals surface area contributed by atoms with Gasteiger partial charge in [0.05, 0.1) is 0 Å². The van der Waals surface area contributed by atoms with E-state index in [-0.39, 0.29) is 17.5 Å². The molecule has 0 fully saturated rings. The SMILES string of the molecule is CC(Nc1ccc(NC(=O)c2ccn(C)c(=O)c2)cc1)c1ccccc1. The van der Waals surface area contributed by atoms with Crippen LogP contribution in [0.25, 0.3) is 0 Å². The highest BCUT2D eigenvalue weighted by atomic mass is 16.2. The quantitative estimate of drug-likeness (QED) is 0.738. The van der Waals surface area contributed by atoms with Gasteiger partial charge in [-0.2, -0.15) is 0 Å². The Balaban J connectivity index is 1.65. The number of rotatable bonds is 5. The van der Waals surface area contributed by atoms with Crippen LogP contribution in [-0.2, 0) is 7.05 Å². The van der Waals surface area contributed by atoms with Crippen LogP contribution < -0.4 is 16.2 Å². The van der Waals surface area contributed by atoms with Gasteiger partial charge in [-0.1, -0.05) is 30.3 Å². The molecule has 1 atom stereocenters. The predicted octanol–water partition coefficient (Wildman–Crippen LogP) is 3.81. The maximum Gasteiger partial charge on any atom is 0.255 e. The lowest BCUT2D eigenvalue weighted by atomic mass is 10.1. The summed E-state index contributed by atoms with van der Waals surface area (Å²) in [7, 11) is 1.65. The molecule has 5 heteroatoms. The van der Waals surface area contributed by atoms with Gasteiger partial charge in [-0.25, -0.2) is 0 Å². The second-order valence-corrected chi connectivity index (χ2v) is 6.17. The van der Waals surface area contributed by atoms with Gasteiger partial charge >= 0.3 is 0 Å². The lowest BCUT2D eigenvalue weighted by Crippen LogP contribution is -2.19. The standard InChI is InChI=1S/C21H21N3O2/c1-15(16-6-4-3-5-7-16)22-18-8-10-19(11-9-18)23-21(26)17-12-13-24(2)20(25)14-17/h3-15,22H,1-2H3,(H,23,26). The monoisotopic (exact) mass is 347 g/mol. The Kier molecular flexibility index (Phi) is 5.17. The number of amides is 1. The number of nitrogens with zero attached hydrogens (tertiary/aromatic N) is 1. The van der Waals surface area contributed by atoms with Crippen LogP contribution in [0.2, 0.25) is 0 Å². The molecule has 3 rings (SSSR count). The number of aryl methyl sites for hydroxylation is 1. The molecule has 1 amide bonds. The zero-order valence-corrected chi connectivity index (χ0v) is 14.8. The second kappa shape index (κ2) is 7.70. The molecular formula is C21H21N3O2. The minimum atomic E-state index is -0.305. The van der Waals surface area contributed by atoms with Crippen LogP contribution in [0.5, 0.6) is 0 Å². The predicted molar refractivity (Wildman–Crippen MR) is 105 cm³/mol. The first kappa shape index (κ1) is 17.5. The number of benzene rings is 2. The van der Waals surface area contributed by atoms with Crippen molar-refractivity contribution in [2.45, 2.75) is 13.0 Å². The van der Waals surface area contributed by atoms with Crippen LogP contribution in [-0.4, -0.2) is 10.5 Å². The van der Waals surface area contributed by atoms with Crippen LogP contribution in [0.15, 0.2) is 77.7 Å². The molecule has 2 N–H and O–H groups in total. The second-order valence-electron chi connectivity index (χ2n) is 6.17. The Hall–Kier alpha value is -3.34. The van der Waals surface area contributed by atoms with Gasteiger partial charge < -0.3 is 15.2 Å². The van der Waals surface area contributed by atoms with Crippen molar-refractivity contribution in [3.8, 4) is 0 Å². The number of aromatic nitrogens is 1. The van der Waals surface area contributed by atoms with E-state index in [0.717, 1.165) is 5.69 Å². The minimum absolute atomic E-state index is 0.178. The van der Waals surface area contributed by atoms with E-state index in [9.17, 15) is 9.59 Å². The summed E-state index contributed by atoms with van der Waals surface area (Å²) in [4.78, 5) is 23.9. The largest absolute Gasteiger partial charge is 0.379 e. The fourth-order valence-electron chi connectivity index (χ4n) is 2.62. The van der Waals surface area contributed by atoms with Gasteiger partial charge in [-0.15, -0.1) is 0 Å². The molecule has 1 aromatic heterocycles. The number of hydrogen-bond acceptors (Lipinski definition) is 3. The molecule has 132 valence electrons. The Morgan fingerprint density at radius 1 is 0.962 bits per heavy atom. The fraction of sp³-hybridized carbons (Fsp3) is 0.143. The molecule has 2 aromatic carbocycles. The van der Waals surface area contributed by atoms with Gasteiger partial charge in [0.1, 0.15) is 0 Å². The molecule has 0 saturated carbocycles. The van der Waals surface area contributed by atoms with Gasteiger partial charge in [0.2, 0.25) is 0 Å². The van der Waals surface area contributed by atoms with E-state index in [4.69, 9.17) is 0 Å². The zero-order valence-electron chi connectivity index (χ0n) is 14.8. The lowest BCUT2D eigenvalue weighted by molar-refractivity contribution is 0.102. The molecule has 26 heavy (non-hydrogen) atoms. The van der Waals surface area contributed by atoms with Crippen molar-refractivity contribution in [1.82, 2.24) is 4.57 Å². The van der Waals surface area contributed by atoms with E-state index in [1.54, 1.807) is 19.3 Å². The van der Waals surface area contributed by atoms with Gasteiger partial charge in [-0.3, -0.25) is 9.59 Å².